The van der Waals surface area contributed by atoms with Crippen LogP contribution in [0.1, 0.15) is 52.4 Å². The zero-order valence-corrected chi connectivity index (χ0v) is 10.9. The van der Waals surface area contributed by atoms with E-state index in [1.54, 1.807) is 7.11 Å². The first-order chi connectivity index (χ1) is 7.18. The van der Waals surface area contributed by atoms with E-state index in [2.05, 4.69) is 10.1 Å². The molecule has 1 heterocycles. The molecule has 92 valence electrons. The van der Waals surface area contributed by atoms with Gasteiger partial charge in [0, 0.05) is 7.11 Å². The lowest BCUT2D eigenvalue weighted by Gasteiger charge is -2.23. The van der Waals surface area contributed by atoms with Gasteiger partial charge in [-0.3, -0.25) is 0 Å². The van der Waals surface area contributed by atoms with Crippen LogP contribution in [0, 0.1) is 5.41 Å². The zero-order valence-electron chi connectivity index (χ0n) is 10.9. The van der Waals surface area contributed by atoms with Crippen molar-refractivity contribution in [3.8, 4) is 0 Å². The van der Waals surface area contributed by atoms with Gasteiger partial charge in [-0.1, -0.05) is 25.9 Å². The summed E-state index contributed by atoms with van der Waals surface area (Å²) >= 11 is 0. The van der Waals surface area contributed by atoms with Crippen molar-refractivity contribution in [3.05, 3.63) is 11.7 Å². The van der Waals surface area contributed by atoms with E-state index in [1.807, 2.05) is 34.6 Å². The average Bonchev–Trinajstić information content (AvgIpc) is 2.64. The van der Waals surface area contributed by atoms with Crippen LogP contribution < -0.4 is 5.73 Å². The van der Waals surface area contributed by atoms with Crippen LogP contribution in [0.5, 0.6) is 0 Å². The number of aromatic nitrogens is 2. The smallest absolute Gasteiger partial charge is 0.244 e. The Balaban J connectivity index is 2.96. The van der Waals surface area contributed by atoms with E-state index >= 15 is 0 Å². The second-order valence-electron chi connectivity index (χ2n) is 5.51. The summed E-state index contributed by atoms with van der Waals surface area (Å²) in [6, 6.07) is -0.276. The van der Waals surface area contributed by atoms with Crippen LogP contribution in [-0.2, 0) is 10.3 Å². The van der Waals surface area contributed by atoms with Crippen LogP contribution in [0.25, 0.3) is 0 Å². The lowest BCUT2D eigenvalue weighted by molar-refractivity contribution is 0.00973. The summed E-state index contributed by atoms with van der Waals surface area (Å²) in [6.45, 7) is 9.85. The Hall–Kier alpha value is -0.940. The first-order valence-electron chi connectivity index (χ1n) is 5.33. The van der Waals surface area contributed by atoms with Crippen LogP contribution in [0.4, 0.5) is 0 Å². The standard InChI is InChI=1S/C11H21N3O2/c1-10(2,3)7(12)8-13-9(14-16-8)11(4,5)15-6/h7H,12H2,1-6H3. The second-order valence-corrected chi connectivity index (χ2v) is 5.51. The number of methoxy groups -OCH3 is 1. The molecule has 0 aliphatic rings. The van der Waals surface area contributed by atoms with Crippen LogP contribution in [0.2, 0.25) is 0 Å². The van der Waals surface area contributed by atoms with Crippen molar-refractivity contribution >= 4 is 0 Å². The molecule has 1 aromatic heterocycles. The molecule has 16 heavy (non-hydrogen) atoms. The van der Waals surface area contributed by atoms with E-state index in [9.17, 15) is 0 Å². The number of nitrogens with zero attached hydrogens (tertiary/aromatic N) is 2. The third kappa shape index (κ3) is 2.59. The van der Waals surface area contributed by atoms with Gasteiger partial charge in [-0.25, -0.2) is 0 Å². The van der Waals surface area contributed by atoms with Gasteiger partial charge in [-0.2, -0.15) is 4.98 Å². The maximum atomic E-state index is 6.03. The molecule has 0 aromatic carbocycles. The first kappa shape index (κ1) is 13.1. The van der Waals surface area contributed by atoms with Crippen molar-refractivity contribution < 1.29 is 9.26 Å². The normalized spacial score (nSPS) is 15.2. The predicted molar refractivity (Wildman–Crippen MR) is 60.7 cm³/mol. The lowest BCUT2D eigenvalue weighted by Crippen LogP contribution is -2.27. The van der Waals surface area contributed by atoms with Gasteiger partial charge in [0.2, 0.25) is 11.7 Å². The summed E-state index contributed by atoms with van der Waals surface area (Å²) in [4.78, 5) is 4.29. The molecular formula is C11H21N3O2. The fraction of sp³-hybridized carbons (Fsp3) is 0.818. The van der Waals surface area contributed by atoms with Crippen LogP contribution in [-0.4, -0.2) is 17.3 Å². The number of rotatable bonds is 3. The van der Waals surface area contributed by atoms with Gasteiger partial charge in [-0.15, -0.1) is 0 Å². The molecule has 2 N–H and O–H groups in total. The van der Waals surface area contributed by atoms with E-state index in [0.29, 0.717) is 11.7 Å². The van der Waals surface area contributed by atoms with Crippen LogP contribution >= 0.6 is 0 Å². The Bertz CT molecular complexity index is 352. The van der Waals surface area contributed by atoms with Gasteiger partial charge in [0.25, 0.3) is 0 Å². The molecule has 0 amide bonds. The number of hydrogen-bond donors (Lipinski definition) is 1. The minimum absolute atomic E-state index is 0.110. The Morgan fingerprint density at radius 3 is 2.25 bits per heavy atom. The molecule has 0 saturated carbocycles. The van der Waals surface area contributed by atoms with E-state index in [-0.39, 0.29) is 11.5 Å². The minimum atomic E-state index is -0.556. The van der Waals surface area contributed by atoms with E-state index in [1.165, 1.54) is 0 Å². The van der Waals surface area contributed by atoms with Crippen molar-refractivity contribution in [2.75, 3.05) is 7.11 Å². The molecule has 1 aromatic rings. The summed E-state index contributed by atoms with van der Waals surface area (Å²) in [6.07, 6.45) is 0. The topological polar surface area (TPSA) is 74.2 Å². The quantitative estimate of drug-likeness (QED) is 0.854. The average molecular weight is 227 g/mol. The molecule has 0 aliphatic heterocycles. The second kappa shape index (κ2) is 4.14. The SMILES string of the molecule is COC(C)(C)c1noc(C(N)C(C)(C)C)n1. The zero-order chi connectivity index (χ0) is 12.6. The van der Waals surface area contributed by atoms with Gasteiger partial charge in [0.1, 0.15) is 5.60 Å². The van der Waals surface area contributed by atoms with Crippen molar-refractivity contribution in [1.82, 2.24) is 10.1 Å². The van der Waals surface area contributed by atoms with E-state index in [0.717, 1.165) is 0 Å². The summed E-state index contributed by atoms with van der Waals surface area (Å²) in [5, 5.41) is 3.90. The van der Waals surface area contributed by atoms with Gasteiger partial charge >= 0.3 is 0 Å². The fourth-order valence-electron chi connectivity index (χ4n) is 1.07. The van der Waals surface area contributed by atoms with Crippen molar-refractivity contribution in [2.24, 2.45) is 11.1 Å². The molecule has 1 rings (SSSR count). The number of ether oxygens (including phenoxy) is 1. The highest BCUT2D eigenvalue weighted by Crippen LogP contribution is 2.30. The third-order valence-electron chi connectivity index (χ3n) is 2.69. The summed E-state index contributed by atoms with van der Waals surface area (Å²) in [5.41, 5.74) is 5.37. The van der Waals surface area contributed by atoms with Gasteiger partial charge < -0.3 is 15.0 Å². The minimum Gasteiger partial charge on any atom is -0.371 e. The molecule has 1 unspecified atom stereocenters. The van der Waals surface area contributed by atoms with Gasteiger partial charge in [0.15, 0.2) is 0 Å². The van der Waals surface area contributed by atoms with E-state index in [4.69, 9.17) is 15.0 Å². The monoisotopic (exact) mass is 227 g/mol. The van der Waals surface area contributed by atoms with Crippen molar-refractivity contribution in [2.45, 2.75) is 46.3 Å². The Morgan fingerprint density at radius 1 is 1.25 bits per heavy atom. The molecule has 0 fully saturated rings. The number of nitrogens with two attached hydrogens (primary N) is 1. The van der Waals surface area contributed by atoms with Crippen LogP contribution in [0.3, 0.4) is 0 Å². The highest BCUT2D eigenvalue weighted by molar-refractivity contribution is 5.01. The third-order valence-corrected chi connectivity index (χ3v) is 2.69. The Morgan fingerprint density at radius 2 is 1.81 bits per heavy atom. The maximum Gasteiger partial charge on any atom is 0.244 e. The molecular weight excluding hydrogens is 206 g/mol. The Kier molecular flexibility index (Phi) is 3.40. The molecule has 0 aliphatic carbocycles. The molecule has 0 spiro atoms. The predicted octanol–water partition coefficient (Wildman–Crippen LogP) is 2.00. The highest BCUT2D eigenvalue weighted by atomic mass is 16.5. The maximum absolute atomic E-state index is 6.03. The van der Waals surface area contributed by atoms with Gasteiger partial charge in [-0.05, 0) is 19.3 Å². The molecule has 5 heteroatoms. The highest BCUT2D eigenvalue weighted by Gasteiger charge is 2.31. The van der Waals surface area contributed by atoms with Crippen molar-refractivity contribution in [1.29, 1.82) is 0 Å². The molecule has 5 nitrogen and oxygen atoms in total. The first-order valence-corrected chi connectivity index (χ1v) is 5.33. The lowest BCUT2D eigenvalue weighted by atomic mass is 9.87. The summed E-state index contributed by atoms with van der Waals surface area (Å²) in [7, 11) is 1.61. The Labute approximate surface area is 96.4 Å². The molecule has 0 bridgehead atoms. The largest absolute Gasteiger partial charge is 0.371 e. The van der Waals surface area contributed by atoms with Crippen LogP contribution in [0.15, 0.2) is 4.52 Å². The fourth-order valence-corrected chi connectivity index (χ4v) is 1.07. The summed E-state index contributed by atoms with van der Waals surface area (Å²) in [5.74, 6) is 0.970. The van der Waals surface area contributed by atoms with Gasteiger partial charge in [0.05, 0.1) is 6.04 Å². The van der Waals surface area contributed by atoms with E-state index < -0.39 is 5.60 Å². The molecule has 0 saturated heterocycles. The molecule has 0 radical (unpaired) electrons. The van der Waals surface area contributed by atoms with Crippen molar-refractivity contribution in [3.63, 3.8) is 0 Å². The number of hydrogen-bond acceptors (Lipinski definition) is 5. The molecule has 1 atom stereocenters. The summed E-state index contributed by atoms with van der Waals surface area (Å²) < 4.78 is 10.5.